The van der Waals surface area contributed by atoms with Crippen LogP contribution in [0.3, 0.4) is 0 Å². The second-order valence-corrected chi connectivity index (χ2v) is 7.50. The fourth-order valence-corrected chi connectivity index (χ4v) is 3.91. The molecule has 1 aliphatic carbocycles. The smallest absolute Gasteiger partial charge is 0.222 e. The first-order valence-electron chi connectivity index (χ1n) is 9.38. The second kappa shape index (κ2) is 7.66. The van der Waals surface area contributed by atoms with Crippen LogP contribution in [0, 0.1) is 0 Å². The van der Waals surface area contributed by atoms with E-state index in [2.05, 4.69) is 36.5 Å². The molecule has 0 radical (unpaired) electrons. The van der Waals surface area contributed by atoms with Crippen LogP contribution in [-0.4, -0.2) is 34.1 Å². The Morgan fingerprint density at radius 3 is 2.42 bits per heavy atom. The highest BCUT2D eigenvalue weighted by Gasteiger charge is 2.34. The lowest BCUT2D eigenvalue weighted by molar-refractivity contribution is -0.128. The lowest BCUT2D eigenvalue weighted by Gasteiger charge is -2.38. The number of carbonyl (C=O) groups is 1. The summed E-state index contributed by atoms with van der Waals surface area (Å²) in [5.74, 6) is 0.273. The molecule has 2 fully saturated rings. The lowest BCUT2D eigenvalue weighted by Crippen LogP contribution is -2.49. The number of amides is 1. The maximum atomic E-state index is 11.7. The van der Waals surface area contributed by atoms with E-state index in [-0.39, 0.29) is 11.9 Å². The van der Waals surface area contributed by atoms with E-state index in [0.717, 1.165) is 51.7 Å². The number of likely N-dealkylation sites (tertiary alicyclic amines) is 1. The molecule has 1 heterocycles. The van der Waals surface area contributed by atoms with E-state index in [1.54, 1.807) is 0 Å². The average molecular weight is 330 g/mol. The van der Waals surface area contributed by atoms with Crippen molar-refractivity contribution >= 4 is 5.91 Å². The van der Waals surface area contributed by atoms with Crippen LogP contribution in [0.1, 0.15) is 63.0 Å². The van der Waals surface area contributed by atoms with Gasteiger partial charge in [-0.1, -0.05) is 43.5 Å². The quantitative estimate of drug-likeness (QED) is 0.843. The highest BCUT2D eigenvalue weighted by atomic mass is 16.3. The molecule has 1 saturated carbocycles. The van der Waals surface area contributed by atoms with Crippen LogP contribution in [0.4, 0.5) is 0 Å². The lowest BCUT2D eigenvalue weighted by atomic mass is 9.80. The van der Waals surface area contributed by atoms with Crippen molar-refractivity contribution in [3.63, 3.8) is 0 Å². The number of benzene rings is 1. The molecule has 4 nitrogen and oxygen atoms in total. The highest BCUT2D eigenvalue weighted by molar-refractivity contribution is 5.78. The third-order valence-corrected chi connectivity index (χ3v) is 5.71. The van der Waals surface area contributed by atoms with Gasteiger partial charge in [-0.25, -0.2) is 0 Å². The summed E-state index contributed by atoms with van der Waals surface area (Å²) in [6.07, 6.45) is 7.01. The number of nitrogens with one attached hydrogen (secondary N) is 1. The Morgan fingerprint density at radius 2 is 1.79 bits per heavy atom. The zero-order valence-corrected chi connectivity index (χ0v) is 14.8. The van der Waals surface area contributed by atoms with Crippen molar-refractivity contribution in [1.82, 2.24) is 10.2 Å². The molecule has 24 heavy (non-hydrogen) atoms. The predicted molar refractivity (Wildman–Crippen MR) is 95.4 cm³/mol. The number of hydrogen-bond acceptors (Lipinski definition) is 3. The van der Waals surface area contributed by atoms with Gasteiger partial charge < -0.3 is 15.3 Å². The molecule has 1 unspecified atom stereocenters. The summed E-state index contributed by atoms with van der Waals surface area (Å²) < 4.78 is 0. The summed E-state index contributed by atoms with van der Waals surface area (Å²) in [7, 11) is 0. The van der Waals surface area contributed by atoms with Gasteiger partial charge in [-0.05, 0) is 37.3 Å². The predicted octanol–water partition coefficient (Wildman–Crippen LogP) is 2.98. The summed E-state index contributed by atoms with van der Waals surface area (Å²) in [5, 5.41) is 14.2. The molecule has 1 amide bonds. The average Bonchev–Trinajstić information content (AvgIpc) is 2.99. The van der Waals surface area contributed by atoms with Crippen molar-refractivity contribution in [2.45, 2.75) is 76.6 Å². The minimum Gasteiger partial charge on any atom is -0.388 e. The number of hydrogen-bond donors (Lipinski definition) is 2. The Hall–Kier alpha value is -1.39. The summed E-state index contributed by atoms with van der Waals surface area (Å²) in [4.78, 5) is 13.6. The van der Waals surface area contributed by atoms with Gasteiger partial charge in [0.05, 0.1) is 5.60 Å². The first kappa shape index (κ1) is 17.4. The molecule has 2 N–H and O–H groups in total. The third-order valence-electron chi connectivity index (χ3n) is 5.71. The van der Waals surface area contributed by atoms with Gasteiger partial charge in [-0.3, -0.25) is 4.79 Å². The fourth-order valence-electron chi connectivity index (χ4n) is 3.91. The fraction of sp³-hybridized carbons (Fsp3) is 0.650. The molecule has 0 bridgehead atoms. The maximum Gasteiger partial charge on any atom is 0.222 e. The van der Waals surface area contributed by atoms with Crippen molar-refractivity contribution in [2.75, 3.05) is 6.54 Å². The summed E-state index contributed by atoms with van der Waals surface area (Å²) >= 11 is 0. The van der Waals surface area contributed by atoms with Crippen molar-refractivity contribution in [3.05, 3.63) is 35.4 Å². The second-order valence-electron chi connectivity index (χ2n) is 7.50. The van der Waals surface area contributed by atoms with E-state index in [4.69, 9.17) is 0 Å². The van der Waals surface area contributed by atoms with Gasteiger partial charge in [0.1, 0.15) is 0 Å². The van der Waals surface area contributed by atoms with Crippen molar-refractivity contribution in [1.29, 1.82) is 0 Å². The molecule has 0 spiro atoms. The van der Waals surface area contributed by atoms with Crippen molar-refractivity contribution in [2.24, 2.45) is 0 Å². The Kier molecular flexibility index (Phi) is 5.57. The van der Waals surface area contributed by atoms with Crippen LogP contribution in [0.2, 0.25) is 0 Å². The van der Waals surface area contributed by atoms with Crippen LogP contribution in [0.25, 0.3) is 0 Å². The first-order valence-corrected chi connectivity index (χ1v) is 9.38. The minimum atomic E-state index is -0.547. The van der Waals surface area contributed by atoms with Gasteiger partial charge >= 0.3 is 0 Å². The largest absolute Gasteiger partial charge is 0.388 e. The summed E-state index contributed by atoms with van der Waals surface area (Å²) in [5.41, 5.74) is 1.86. The monoisotopic (exact) mass is 330 g/mol. The van der Waals surface area contributed by atoms with Gasteiger partial charge in [-0.2, -0.15) is 0 Å². The number of rotatable bonds is 6. The van der Waals surface area contributed by atoms with E-state index < -0.39 is 5.60 Å². The standard InChI is InChI=1S/C20H30N2O2/c1-16(20(24)11-3-2-4-12-20)21-14-17-7-9-18(10-8-17)15-22-13-5-6-19(22)23/h7-10,16,21,24H,2-6,11-15H2,1H3. The van der Waals surface area contributed by atoms with Crippen LogP contribution >= 0.6 is 0 Å². The molecule has 0 aromatic heterocycles. The molecule has 132 valence electrons. The normalized spacial score (nSPS) is 21.9. The molecule has 2 aliphatic rings. The van der Waals surface area contributed by atoms with Crippen molar-refractivity contribution < 1.29 is 9.90 Å². The van der Waals surface area contributed by atoms with Gasteiger partial charge in [0.2, 0.25) is 5.91 Å². The molecular weight excluding hydrogens is 300 g/mol. The zero-order valence-electron chi connectivity index (χ0n) is 14.8. The van der Waals surface area contributed by atoms with Crippen LogP contribution in [0.15, 0.2) is 24.3 Å². The van der Waals surface area contributed by atoms with Crippen LogP contribution < -0.4 is 5.32 Å². The summed E-state index contributed by atoms with van der Waals surface area (Å²) in [6, 6.07) is 8.59. The van der Waals surface area contributed by atoms with E-state index in [9.17, 15) is 9.90 Å². The van der Waals surface area contributed by atoms with Gasteiger partial charge in [0, 0.05) is 32.1 Å². The molecule has 1 atom stereocenters. The number of nitrogens with zero attached hydrogens (tertiary/aromatic N) is 1. The van der Waals surface area contributed by atoms with Crippen molar-refractivity contribution in [3.8, 4) is 0 Å². The van der Waals surface area contributed by atoms with E-state index in [0.29, 0.717) is 6.42 Å². The van der Waals surface area contributed by atoms with E-state index in [1.165, 1.54) is 17.5 Å². The van der Waals surface area contributed by atoms with E-state index in [1.807, 2.05) is 4.90 Å². The molecule has 1 aliphatic heterocycles. The Balaban J connectivity index is 1.49. The molecular formula is C20H30N2O2. The van der Waals surface area contributed by atoms with Gasteiger partial charge in [0.25, 0.3) is 0 Å². The van der Waals surface area contributed by atoms with E-state index >= 15 is 0 Å². The maximum absolute atomic E-state index is 11.7. The first-order chi connectivity index (χ1) is 11.6. The topological polar surface area (TPSA) is 52.6 Å². The number of carbonyl (C=O) groups excluding carboxylic acids is 1. The SMILES string of the molecule is CC(NCc1ccc(CN2CCCC2=O)cc1)C1(O)CCCCC1. The summed E-state index contributed by atoms with van der Waals surface area (Å²) in [6.45, 7) is 4.48. The highest BCUT2D eigenvalue weighted by Crippen LogP contribution is 2.31. The molecule has 4 heteroatoms. The zero-order chi connectivity index (χ0) is 17.0. The third kappa shape index (κ3) is 4.17. The Morgan fingerprint density at radius 1 is 1.12 bits per heavy atom. The number of aliphatic hydroxyl groups is 1. The molecule has 1 saturated heterocycles. The van der Waals surface area contributed by atoms with Crippen LogP contribution in [-0.2, 0) is 17.9 Å². The van der Waals surface area contributed by atoms with Gasteiger partial charge in [0.15, 0.2) is 0 Å². The molecule has 1 aromatic carbocycles. The Labute approximate surface area is 145 Å². The minimum absolute atomic E-state index is 0.111. The van der Waals surface area contributed by atoms with Crippen LogP contribution in [0.5, 0.6) is 0 Å². The molecule has 1 aromatic rings. The molecule has 3 rings (SSSR count). The van der Waals surface area contributed by atoms with Gasteiger partial charge in [-0.15, -0.1) is 0 Å². The Bertz CT molecular complexity index is 549.